The summed E-state index contributed by atoms with van der Waals surface area (Å²) in [6, 6.07) is 9.23. The van der Waals surface area contributed by atoms with Gasteiger partial charge in [-0.15, -0.1) is 10.2 Å². The predicted octanol–water partition coefficient (Wildman–Crippen LogP) is 1.02. The molecule has 126 valence electrons. The van der Waals surface area contributed by atoms with Gasteiger partial charge in [0.05, 0.1) is 0 Å². The lowest BCUT2D eigenvalue weighted by atomic mass is 10.2. The predicted molar refractivity (Wildman–Crippen MR) is 91.5 cm³/mol. The summed E-state index contributed by atoms with van der Waals surface area (Å²) in [7, 11) is 0. The standard InChI is InChI=1S/C17H17N7O/c25-17(14-3-1-2-6-19-14)23-11-9-22(10-12-23)15-4-5-16(21-20-15)24-8-7-18-13-24/h1-8,13H,9-12H2. The van der Waals surface area contributed by atoms with Crippen LogP contribution in [0.5, 0.6) is 0 Å². The molecular weight excluding hydrogens is 318 g/mol. The molecule has 0 spiro atoms. The molecule has 0 aliphatic carbocycles. The maximum atomic E-state index is 12.4. The Morgan fingerprint density at radius 2 is 1.72 bits per heavy atom. The average Bonchev–Trinajstić information content (AvgIpc) is 3.23. The topological polar surface area (TPSA) is 80.0 Å². The Hall–Kier alpha value is -3.29. The van der Waals surface area contributed by atoms with E-state index < -0.39 is 0 Å². The van der Waals surface area contributed by atoms with Crippen molar-refractivity contribution in [3.05, 3.63) is 60.9 Å². The summed E-state index contributed by atoms with van der Waals surface area (Å²) in [5.74, 6) is 1.51. The molecule has 8 nitrogen and oxygen atoms in total. The monoisotopic (exact) mass is 335 g/mol. The summed E-state index contributed by atoms with van der Waals surface area (Å²) >= 11 is 0. The number of hydrogen-bond acceptors (Lipinski definition) is 6. The van der Waals surface area contributed by atoms with E-state index in [1.54, 1.807) is 35.4 Å². The van der Waals surface area contributed by atoms with Gasteiger partial charge in [-0.25, -0.2) is 4.98 Å². The van der Waals surface area contributed by atoms with Gasteiger partial charge >= 0.3 is 0 Å². The first kappa shape index (κ1) is 15.3. The highest BCUT2D eigenvalue weighted by atomic mass is 16.2. The summed E-state index contributed by atoms with van der Waals surface area (Å²) in [4.78, 5) is 24.5. The Balaban J connectivity index is 1.39. The van der Waals surface area contributed by atoms with Crippen LogP contribution in [0.4, 0.5) is 5.82 Å². The van der Waals surface area contributed by atoms with E-state index in [0.717, 1.165) is 24.7 Å². The molecule has 1 saturated heterocycles. The minimum absolute atomic E-state index is 0.0261. The van der Waals surface area contributed by atoms with Crippen molar-refractivity contribution in [3.63, 3.8) is 0 Å². The van der Waals surface area contributed by atoms with Gasteiger partial charge in [0.2, 0.25) is 0 Å². The molecule has 0 N–H and O–H groups in total. The average molecular weight is 335 g/mol. The highest BCUT2D eigenvalue weighted by Gasteiger charge is 2.23. The molecule has 0 atom stereocenters. The number of anilines is 1. The van der Waals surface area contributed by atoms with Crippen molar-refractivity contribution in [1.82, 2.24) is 29.6 Å². The molecule has 3 aromatic heterocycles. The molecule has 0 saturated carbocycles. The Labute approximate surface area is 144 Å². The van der Waals surface area contributed by atoms with Crippen LogP contribution in [0.1, 0.15) is 10.5 Å². The van der Waals surface area contributed by atoms with Crippen LogP contribution in [-0.4, -0.2) is 61.7 Å². The number of aromatic nitrogens is 5. The third-order valence-electron chi connectivity index (χ3n) is 4.18. The van der Waals surface area contributed by atoms with Crippen molar-refractivity contribution in [2.75, 3.05) is 31.1 Å². The number of piperazine rings is 1. The van der Waals surface area contributed by atoms with Crippen molar-refractivity contribution in [2.45, 2.75) is 0 Å². The molecule has 4 heterocycles. The molecule has 1 amide bonds. The Morgan fingerprint density at radius 1 is 0.920 bits per heavy atom. The first-order valence-electron chi connectivity index (χ1n) is 8.08. The van der Waals surface area contributed by atoms with Crippen LogP contribution in [0.2, 0.25) is 0 Å². The van der Waals surface area contributed by atoms with Gasteiger partial charge in [0, 0.05) is 44.8 Å². The molecular formula is C17H17N7O. The van der Waals surface area contributed by atoms with Crippen LogP contribution in [0.25, 0.3) is 5.82 Å². The molecule has 0 bridgehead atoms. The number of rotatable bonds is 3. The first-order valence-corrected chi connectivity index (χ1v) is 8.08. The zero-order valence-electron chi connectivity index (χ0n) is 13.6. The lowest BCUT2D eigenvalue weighted by Gasteiger charge is -2.35. The van der Waals surface area contributed by atoms with Crippen LogP contribution in [0.3, 0.4) is 0 Å². The zero-order chi connectivity index (χ0) is 17.1. The lowest BCUT2D eigenvalue weighted by Crippen LogP contribution is -2.49. The van der Waals surface area contributed by atoms with E-state index in [1.165, 1.54) is 0 Å². The van der Waals surface area contributed by atoms with Crippen LogP contribution in [-0.2, 0) is 0 Å². The zero-order valence-corrected chi connectivity index (χ0v) is 13.6. The molecule has 3 aromatic rings. The summed E-state index contributed by atoms with van der Waals surface area (Å²) in [5.41, 5.74) is 0.487. The van der Waals surface area contributed by atoms with Gasteiger partial charge in [0.25, 0.3) is 5.91 Å². The van der Waals surface area contributed by atoms with Crippen LogP contribution >= 0.6 is 0 Å². The Bertz CT molecular complexity index is 825. The first-order chi connectivity index (χ1) is 12.3. The number of amides is 1. The smallest absolute Gasteiger partial charge is 0.272 e. The van der Waals surface area contributed by atoms with Gasteiger partial charge in [-0.2, -0.15) is 0 Å². The van der Waals surface area contributed by atoms with Gasteiger partial charge in [-0.1, -0.05) is 6.07 Å². The maximum Gasteiger partial charge on any atom is 0.272 e. The highest BCUT2D eigenvalue weighted by Crippen LogP contribution is 2.15. The van der Waals surface area contributed by atoms with Gasteiger partial charge in [-0.3, -0.25) is 14.3 Å². The Kier molecular flexibility index (Phi) is 4.07. The van der Waals surface area contributed by atoms with Crippen molar-refractivity contribution < 1.29 is 4.79 Å². The second kappa shape index (κ2) is 6.68. The molecule has 0 unspecified atom stereocenters. The van der Waals surface area contributed by atoms with Gasteiger partial charge < -0.3 is 9.80 Å². The molecule has 1 fully saturated rings. The van der Waals surface area contributed by atoms with E-state index in [-0.39, 0.29) is 5.91 Å². The second-order valence-corrected chi connectivity index (χ2v) is 5.71. The van der Waals surface area contributed by atoms with Crippen LogP contribution < -0.4 is 4.90 Å². The largest absolute Gasteiger partial charge is 0.352 e. The number of nitrogens with zero attached hydrogens (tertiary/aromatic N) is 7. The van der Waals surface area contributed by atoms with E-state index in [1.807, 2.05) is 29.3 Å². The minimum atomic E-state index is -0.0261. The van der Waals surface area contributed by atoms with Crippen molar-refractivity contribution in [3.8, 4) is 5.82 Å². The van der Waals surface area contributed by atoms with E-state index in [4.69, 9.17) is 0 Å². The second-order valence-electron chi connectivity index (χ2n) is 5.71. The van der Waals surface area contributed by atoms with E-state index in [2.05, 4.69) is 25.1 Å². The molecule has 4 rings (SSSR count). The van der Waals surface area contributed by atoms with Crippen LogP contribution in [0, 0.1) is 0 Å². The Morgan fingerprint density at radius 3 is 2.36 bits per heavy atom. The third kappa shape index (κ3) is 3.18. The summed E-state index contributed by atoms with van der Waals surface area (Å²) in [5, 5.41) is 8.54. The summed E-state index contributed by atoms with van der Waals surface area (Å²) in [6.45, 7) is 2.72. The van der Waals surface area contributed by atoms with Crippen molar-refractivity contribution >= 4 is 11.7 Å². The van der Waals surface area contributed by atoms with Crippen LogP contribution in [0.15, 0.2) is 55.2 Å². The highest BCUT2D eigenvalue weighted by molar-refractivity contribution is 5.92. The van der Waals surface area contributed by atoms with E-state index in [9.17, 15) is 4.79 Å². The van der Waals surface area contributed by atoms with Gasteiger partial charge in [-0.05, 0) is 24.3 Å². The summed E-state index contributed by atoms with van der Waals surface area (Å²) < 4.78 is 1.81. The fraction of sp³-hybridized carbons (Fsp3) is 0.235. The molecule has 1 aliphatic heterocycles. The minimum Gasteiger partial charge on any atom is -0.352 e. The third-order valence-corrected chi connectivity index (χ3v) is 4.18. The number of imidazole rings is 1. The van der Waals surface area contributed by atoms with Gasteiger partial charge in [0.15, 0.2) is 11.6 Å². The normalized spacial score (nSPS) is 14.6. The fourth-order valence-electron chi connectivity index (χ4n) is 2.81. The number of carbonyl (C=O) groups excluding carboxylic acids is 1. The molecule has 25 heavy (non-hydrogen) atoms. The van der Waals surface area contributed by atoms with Gasteiger partial charge in [0.1, 0.15) is 12.0 Å². The number of carbonyl (C=O) groups is 1. The van der Waals surface area contributed by atoms with E-state index in [0.29, 0.717) is 18.8 Å². The number of pyridine rings is 1. The summed E-state index contributed by atoms with van der Waals surface area (Å²) in [6.07, 6.45) is 6.85. The fourth-order valence-corrected chi connectivity index (χ4v) is 2.81. The lowest BCUT2D eigenvalue weighted by molar-refractivity contribution is 0.0740. The SMILES string of the molecule is O=C(c1ccccn1)N1CCN(c2ccc(-n3ccnc3)nn2)CC1. The quantitative estimate of drug-likeness (QED) is 0.711. The molecule has 0 aromatic carbocycles. The van der Waals surface area contributed by atoms with Crippen molar-refractivity contribution in [2.24, 2.45) is 0 Å². The number of hydrogen-bond donors (Lipinski definition) is 0. The molecule has 8 heteroatoms. The van der Waals surface area contributed by atoms with Crippen molar-refractivity contribution in [1.29, 1.82) is 0 Å². The molecule has 1 aliphatic rings. The molecule has 0 radical (unpaired) electrons. The van der Waals surface area contributed by atoms with E-state index >= 15 is 0 Å². The maximum absolute atomic E-state index is 12.4.